The highest BCUT2D eigenvalue weighted by Crippen LogP contribution is 2.25. The third-order valence-electron chi connectivity index (χ3n) is 2.67. The maximum absolute atomic E-state index is 5.71. The van der Waals surface area contributed by atoms with Gasteiger partial charge in [-0.2, -0.15) is 0 Å². The van der Waals surface area contributed by atoms with Gasteiger partial charge in [0, 0.05) is 13.6 Å². The first kappa shape index (κ1) is 11.9. The number of nitrogens with zero attached hydrogens (tertiary/aromatic N) is 2. The van der Waals surface area contributed by atoms with Gasteiger partial charge in [-0.05, 0) is 23.6 Å². The zero-order valence-corrected chi connectivity index (χ0v) is 10.6. The lowest BCUT2D eigenvalue weighted by molar-refractivity contribution is 0.262. The molecule has 2 N–H and O–H groups in total. The van der Waals surface area contributed by atoms with E-state index in [9.17, 15) is 0 Å². The van der Waals surface area contributed by atoms with E-state index in [4.69, 9.17) is 10.5 Å². The van der Waals surface area contributed by atoms with E-state index >= 15 is 0 Å². The largest absolute Gasteiger partial charge is 0.476 e. The Hall–Kier alpha value is -1.55. The Morgan fingerprint density at radius 2 is 2.18 bits per heavy atom. The van der Waals surface area contributed by atoms with Crippen LogP contribution in [0.1, 0.15) is 19.4 Å². The van der Waals surface area contributed by atoms with Gasteiger partial charge >= 0.3 is 0 Å². The quantitative estimate of drug-likeness (QED) is 0.879. The van der Waals surface area contributed by atoms with Gasteiger partial charge in [0.1, 0.15) is 0 Å². The SMILES string of the molecule is CC(C)COc1nn(C)c2cc(CN)ccc12. The van der Waals surface area contributed by atoms with Crippen molar-refractivity contribution in [3.8, 4) is 5.88 Å². The van der Waals surface area contributed by atoms with Gasteiger partial charge in [-0.25, -0.2) is 0 Å². The van der Waals surface area contributed by atoms with Crippen LogP contribution < -0.4 is 10.5 Å². The molecule has 0 aliphatic heterocycles. The summed E-state index contributed by atoms with van der Waals surface area (Å²) in [5.41, 5.74) is 7.80. The number of aryl methyl sites for hydroxylation is 1. The zero-order valence-electron chi connectivity index (χ0n) is 10.6. The van der Waals surface area contributed by atoms with Crippen molar-refractivity contribution in [1.82, 2.24) is 9.78 Å². The summed E-state index contributed by atoms with van der Waals surface area (Å²) in [6.45, 7) is 5.48. The fourth-order valence-corrected chi connectivity index (χ4v) is 1.75. The van der Waals surface area contributed by atoms with Crippen LogP contribution in [0.5, 0.6) is 5.88 Å². The molecule has 0 saturated carbocycles. The average Bonchev–Trinajstić information content (AvgIpc) is 2.63. The zero-order chi connectivity index (χ0) is 12.4. The smallest absolute Gasteiger partial charge is 0.240 e. The molecule has 0 radical (unpaired) electrons. The number of benzene rings is 1. The van der Waals surface area contributed by atoms with Crippen LogP contribution in [0.4, 0.5) is 0 Å². The maximum atomic E-state index is 5.71. The molecule has 2 aromatic rings. The highest BCUT2D eigenvalue weighted by Gasteiger charge is 2.10. The van der Waals surface area contributed by atoms with Gasteiger partial charge in [0.2, 0.25) is 5.88 Å². The van der Waals surface area contributed by atoms with Gasteiger partial charge in [0.05, 0.1) is 17.5 Å². The van der Waals surface area contributed by atoms with Crippen molar-refractivity contribution in [2.45, 2.75) is 20.4 Å². The molecule has 0 aliphatic rings. The topological polar surface area (TPSA) is 53.1 Å². The first-order valence-corrected chi connectivity index (χ1v) is 5.90. The number of rotatable bonds is 4. The summed E-state index contributed by atoms with van der Waals surface area (Å²) in [6.07, 6.45) is 0. The summed E-state index contributed by atoms with van der Waals surface area (Å²) in [6, 6.07) is 6.11. The second-order valence-corrected chi connectivity index (χ2v) is 4.69. The number of ether oxygens (including phenoxy) is 1. The Morgan fingerprint density at radius 1 is 1.41 bits per heavy atom. The van der Waals surface area contributed by atoms with Crippen molar-refractivity contribution < 1.29 is 4.74 Å². The van der Waals surface area contributed by atoms with Gasteiger partial charge < -0.3 is 10.5 Å². The maximum Gasteiger partial charge on any atom is 0.240 e. The molecule has 0 atom stereocenters. The molecule has 0 aliphatic carbocycles. The Labute approximate surface area is 101 Å². The van der Waals surface area contributed by atoms with Crippen molar-refractivity contribution >= 4 is 10.9 Å². The summed E-state index contributed by atoms with van der Waals surface area (Å²) < 4.78 is 7.55. The van der Waals surface area contributed by atoms with Crippen LogP contribution in [-0.2, 0) is 13.6 Å². The van der Waals surface area contributed by atoms with Crippen molar-refractivity contribution in [3.63, 3.8) is 0 Å². The molecule has 1 heterocycles. The van der Waals surface area contributed by atoms with Gasteiger partial charge in [-0.1, -0.05) is 19.9 Å². The van der Waals surface area contributed by atoms with Gasteiger partial charge in [-0.15, -0.1) is 5.10 Å². The fourth-order valence-electron chi connectivity index (χ4n) is 1.75. The molecule has 4 heteroatoms. The van der Waals surface area contributed by atoms with E-state index in [0.29, 0.717) is 24.9 Å². The van der Waals surface area contributed by atoms with Gasteiger partial charge in [-0.3, -0.25) is 4.68 Å². The van der Waals surface area contributed by atoms with E-state index in [1.54, 1.807) is 0 Å². The van der Waals surface area contributed by atoms with E-state index in [0.717, 1.165) is 16.5 Å². The molecular formula is C13H19N3O. The van der Waals surface area contributed by atoms with E-state index < -0.39 is 0 Å². The lowest BCUT2D eigenvalue weighted by Gasteiger charge is -2.05. The van der Waals surface area contributed by atoms with Crippen molar-refractivity contribution in [3.05, 3.63) is 23.8 Å². The van der Waals surface area contributed by atoms with Crippen LogP contribution >= 0.6 is 0 Å². The minimum atomic E-state index is 0.496. The summed E-state index contributed by atoms with van der Waals surface area (Å²) >= 11 is 0. The molecule has 1 aromatic heterocycles. The molecule has 0 amide bonds. The number of nitrogens with two attached hydrogens (primary N) is 1. The number of hydrogen-bond donors (Lipinski definition) is 1. The third-order valence-corrected chi connectivity index (χ3v) is 2.67. The summed E-state index contributed by atoms with van der Waals surface area (Å²) in [5, 5.41) is 5.44. The van der Waals surface area contributed by atoms with Crippen molar-refractivity contribution in [1.29, 1.82) is 0 Å². The molecule has 0 fully saturated rings. The van der Waals surface area contributed by atoms with E-state index in [1.165, 1.54) is 0 Å². The molecule has 2 rings (SSSR count). The van der Waals surface area contributed by atoms with Crippen molar-refractivity contribution in [2.75, 3.05) is 6.61 Å². The van der Waals surface area contributed by atoms with Gasteiger partial charge in [0.15, 0.2) is 0 Å². The molecular weight excluding hydrogens is 214 g/mol. The van der Waals surface area contributed by atoms with E-state index in [2.05, 4.69) is 25.0 Å². The van der Waals surface area contributed by atoms with Crippen LogP contribution in [0.15, 0.2) is 18.2 Å². The third kappa shape index (κ3) is 2.42. The Morgan fingerprint density at radius 3 is 2.82 bits per heavy atom. The molecule has 1 aromatic carbocycles. The van der Waals surface area contributed by atoms with E-state index in [1.807, 2.05) is 23.9 Å². The van der Waals surface area contributed by atoms with E-state index in [-0.39, 0.29) is 0 Å². The lowest BCUT2D eigenvalue weighted by atomic mass is 10.1. The van der Waals surface area contributed by atoms with Crippen molar-refractivity contribution in [2.24, 2.45) is 18.7 Å². The van der Waals surface area contributed by atoms with Crippen LogP contribution in [0, 0.1) is 5.92 Å². The second kappa shape index (κ2) is 4.75. The standard InChI is InChI=1S/C13H19N3O/c1-9(2)8-17-13-11-5-4-10(7-14)6-12(11)16(3)15-13/h4-6,9H,7-8,14H2,1-3H3. The second-order valence-electron chi connectivity index (χ2n) is 4.69. The van der Waals surface area contributed by atoms with Crippen LogP contribution in [0.2, 0.25) is 0 Å². The normalized spacial score (nSPS) is 11.4. The van der Waals surface area contributed by atoms with Crippen LogP contribution in [0.25, 0.3) is 10.9 Å². The lowest BCUT2D eigenvalue weighted by Crippen LogP contribution is -2.05. The van der Waals surface area contributed by atoms with Crippen LogP contribution in [0.3, 0.4) is 0 Å². The Bertz CT molecular complexity index is 517. The summed E-state index contributed by atoms with van der Waals surface area (Å²) in [4.78, 5) is 0. The summed E-state index contributed by atoms with van der Waals surface area (Å²) in [5.74, 6) is 1.20. The molecule has 0 saturated heterocycles. The first-order chi connectivity index (χ1) is 8.11. The van der Waals surface area contributed by atoms with Crippen LogP contribution in [-0.4, -0.2) is 16.4 Å². The molecule has 0 bridgehead atoms. The molecule has 17 heavy (non-hydrogen) atoms. The average molecular weight is 233 g/mol. The predicted molar refractivity (Wildman–Crippen MR) is 68.9 cm³/mol. The summed E-state index contributed by atoms with van der Waals surface area (Å²) in [7, 11) is 1.92. The highest BCUT2D eigenvalue weighted by molar-refractivity contribution is 5.85. The molecule has 4 nitrogen and oxygen atoms in total. The molecule has 0 spiro atoms. The minimum absolute atomic E-state index is 0.496. The van der Waals surface area contributed by atoms with Gasteiger partial charge in [0.25, 0.3) is 0 Å². The Kier molecular flexibility index (Phi) is 3.33. The highest BCUT2D eigenvalue weighted by atomic mass is 16.5. The minimum Gasteiger partial charge on any atom is -0.476 e. The number of fused-ring (bicyclic) bond motifs is 1. The number of hydrogen-bond acceptors (Lipinski definition) is 3. The fraction of sp³-hybridized carbons (Fsp3) is 0.462. The monoisotopic (exact) mass is 233 g/mol. The number of aromatic nitrogens is 2. The molecule has 92 valence electrons. The first-order valence-electron chi connectivity index (χ1n) is 5.90. The Balaban J connectivity index is 2.38. The molecule has 0 unspecified atom stereocenters. The predicted octanol–water partition coefficient (Wildman–Crippen LogP) is 2.07.